The van der Waals surface area contributed by atoms with Crippen LogP contribution in [0.25, 0.3) is 0 Å². The van der Waals surface area contributed by atoms with Crippen molar-refractivity contribution in [1.29, 1.82) is 0 Å². The molecule has 3 rings (SSSR count). The van der Waals surface area contributed by atoms with Gasteiger partial charge in [-0.05, 0) is 55.7 Å². The molecule has 3 unspecified atom stereocenters. The van der Waals surface area contributed by atoms with Gasteiger partial charge in [-0.1, -0.05) is 6.07 Å². The largest absolute Gasteiger partial charge is 0.495 e. The number of methoxy groups -OCH3 is 1. The quantitative estimate of drug-likeness (QED) is 0.895. The Morgan fingerprint density at radius 3 is 2.52 bits per heavy atom. The van der Waals surface area contributed by atoms with Crippen molar-refractivity contribution in [2.24, 2.45) is 17.6 Å². The van der Waals surface area contributed by atoms with Crippen molar-refractivity contribution in [2.75, 3.05) is 20.2 Å². The minimum atomic E-state index is -3.54. The normalized spacial score (nSPS) is 27.6. The molecule has 2 fully saturated rings. The first-order valence-corrected chi connectivity index (χ1v) is 9.19. The number of benzene rings is 1. The fourth-order valence-electron chi connectivity index (χ4n) is 3.99. The Morgan fingerprint density at radius 2 is 1.91 bits per heavy atom. The lowest BCUT2D eigenvalue weighted by atomic mass is 9.98. The highest BCUT2D eigenvalue weighted by Crippen LogP contribution is 2.41. The summed E-state index contributed by atoms with van der Waals surface area (Å²) in [6.45, 7) is 4.87. The number of halogens is 1. The molecule has 0 radical (unpaired) electrons. The number of hydrogen-bond donors (Lipinski definition) is 1. The van der Waals surface area contributed by atoms with Crippen LogP contribution < -0.4 is 10.5 Å². The van der Waals surface area contributed by atoms with Gasteiger partial charge in [0.1, 0.15) is 10.6 Å². The molecule has 0 aromatic heterocycles. The first-order chi connectivity index (χ1) is 10.3. The van der Waals surface area contributed by atoms with Crippen molar-refractivity contribution < 1.29 is 13.2 Å². The lowest BCUT2D eigenvalue weighted by Gasteiger charge is -2.21. The second kappa shape index (κ2) is 6.59. The monoisotopic (exact) mass is 360 g/mol. The maximum atomic E-state index is 13.1. The number of rotatable bonds is 3. The second-order valence-electron chi connectivity index (χ2n) is 6.60. The van der Waals surface area contributed by atoms with Crippen LogP contribution in [0.5, 0.6) is 5.75 Å². The van der Waals surface area contributed by atoms with Crippen molar-refractivity contribution in [1.82, 2.24) is 4.31 Å². The summed E-state index contributed by atoms with van der Waals surface area (Å²) < 4.78 is 33.1. The zero-order valence-electron chi connectivity index (χ0n) is 13.8. The standard InChI is InChI=1S/C16H24N2O3S.ClH/c1-10-6-11(2)16(15(7-10)21-3)22(19,20)18-8-12-4-5-14(17)13(12)9-18;/h6-7,12-14H,4-5,8-9,17H2,1-3H3;1H. The lowest BCUT2D eigenvalue weighted by Crippen LogP contribution is -2.34. The van der Waals surface area contributed by atoms with Gasteiger partial charge in [-0.25, -0.2) is 8.42 Å². The van der Waals surface area contributed by atoms with Gasteiger partial charge in [0, 0.05) is 19.1 Å². The number of aryl methyl sites for hydroxylation is 2. The van der Waals surface area contributed by atoms with Gasteiger partial charge >= 0.3 is 0 Å². The second-order valence-corrected chi connectivity index (χ2v) is 8.48. The molecule has 0 spiro atoms. The molecule has 130 valence electrons. The highest BCUT2D eigenvalue weighted by Gasteiger charge is 2.45. The van der Waals surface area contributed by atoms with Crippen LogP contribution in [-0.2, 0) is 10.0 Å². The summed E-state index contributed by atoms with van der Waals surface area (Å²) in [7, 11) is -2.03. The molecule has 1 aliphatic carbocycles. The van der Waals surface area contributed by atoms with Crippen LogP contribution in [0.4, 0.5) is 0 Å². The van der Waals surface area contributed by atoms with E-state index < -0.39 is 10.0 Å². The molecule has 3 atom stereocenters. The first kappa shape index (κ1) is 18.5. The van der Waals surface area contributed by atoms with Gasteiger partial charge in [-0.3, -0.25) is 0 Å². The average molecular weight is 361 g/mol. The Balaban J connectivity index is 0.00000192. The molecule has 1 aromatic rings. The molecule has 1 saturated heterocycles. The van der Waals surface area contributed by atoms with Gasteiger partial charge in [0.05, 0.1) is 7.11 Å². The Kier molecular flexibility index (Phi) is 5.31. The molecule has 1 aromatic carbocycles. The van der Waals surface area contributed by atoms with Crippen molar-refractivity contribution >= 4 is 22.4 Å². The van der Waals surface area contributed by atoms with Crippen LogP contribution in [0.15, 0.2) is 17.0 Å². The third-order valence-corrected chi connectivity index (χ3v) is 7.10. The van der Waals surface area contributed by atoms with E-state index in [1.807, 2.05) is 19.9 Å². The van der Waals surface area contributed by atoms with Gasteiger partial charge < -0.3 is 10.5 Å². The summed E-state index contributed by atoms with van der Waals surface area (Å²) in [5.74, 6) is 1.13. The number of hydrogen-bond acceptors (Lipinski definition) is 4. The molecule has 2 aliphatic rings. The van der Waals surface area contributed by atoms with Gasteiger partial charge in [0.25, 0.3) is 0 Å². The van der Waals surface area contributed by atoms with Crippen LogP contribution in [-0.4, -0.2) is 39.0 Å². The summed E-state index contributed by atoms with van der Waals surface area (Å²) in [5, 5.41) is 0. The van der Waals surface area contributed by atoms with E-state index in [9.17, 15) is 8.42 Å². The number of nitrogens with two attached hydrogens (primary N) is 1. The average Bonchev–Trinajstić information content (AvgIpc) is 3.00. The molecule has 1 aliphatic heterocycles. The maximum absolute atomic E-state index is 13.1. The minimum absolute atomic E-state index is 0. The molecular formula is C16H25ClN2O3S. The van der Waals surface area contributed by atoms with Crippen molar-refractivity contribution in [3.63, 3.8) is 0 Å². The van der Waals surface area contributed by atoms with Crippen LogP contribution >= 0.6 is 12.4 Å². The van der Waals surface area contributed by atoms with Crippen LogP contribution in [0, 0.1) is 25.7 Å². The van der Waals surface area contributed by atoms with Gasteiger partial charge in [-0.15, -0.1) is 12.4 Å². The van der Waals surface area contributed by atoms with E-state index in [1.54, 1.807) is 10.4 Å². The Bertz CT molecular complexity index is 693. The van der Waals surface area contributed by atoms with E-state index >= 15 is 0 Å². The predicted octanol–water partition coefficient (Wildman–Crippen LogP) is 2.09. The number of fused-ring (bicyclic) bond motifs is 1. The Morgan fingerprint density at radius 1 is 1.22 bits per heavy atom. The van der Waals surface area contributed by atoms with E-state index in [2.05, 4.69) is 0 Å². The molecule has 2 N–H and O–H groups in total. The summed E-state index contributed by atoms with van der Waals surface area (Å²) in [6, 6.07) is 3.80. The Labute approximate surface area is 144 Å². The molecule has 7 heteroatoms. The summed E-state index contributed by atoms with van der Waals surface area (Å²) in [5.41, 5.74) is 7.85. The van der Waals surface area contributed by atoms with Crippen LogP contribution in [0.3, 0.4) is 0 Å². The zero-order valence-corrected chi connectivity index (χ0v) is 15.4. The van der Waals surface area contributed by atoms with Gasteiger partial charge in [-0.2, -0.15) is 4.31 Å². The summed E-state index contributed by atoms with van der Waals surface area (Å²) in [4.78, 5) is 0.300. The van der Waals surface area contributed by atoms with E-state index in [1.165, 1.54) is 7.11 Å². The zero-order chi connectivity index (χ0) is 16.1. The van der Waals surface area contributed by atoms with Gasteiger partial charge in [0.15, 0.2) is 0 Å². The highest BCUT2D eigenvalue weighted by atomic mass is 35.5. The molecule has 23 heavy (non-hydrogen) atoms. The van der Waals surface area contributed by atoms with Gasteiger partial charge in [0.2, 0.25) is 10.0 Å². The predicted molar refractivity (Wildman–Crippen MR) is 92.7 cm³/mol. The molecule has 1 heterocycles. The Hall–Kier alpha value is -0.820. The maximum Gasteiger partial charge on any atom is 0.247 e. The molecular weight excluding hydrogens is 336 g/mol. The molecule has 0 bridgehead atoms. The van der Waals surface area contributed by atoms with Crippen molar-refractivity contribution in [3.8, 4) is 5.75 Å². The smallest absolute Gasteiger partial charge is 0.247 e. The minimum Gasteiger partial charge on any atom is -0.495 e. The summed E-state index contributed by atoms with van der Waals surface area (Å²) in [6.07, 6.45) is 2.04. The van der Waals surface area contributed by atoms with Crippen LogP contribution in [0.2, 0.25) is 0 Å². The van der Waals surface area contributed by atoms with Crippen molar-refractivity contribution in [3.05, 3.63) is 23.3 Å². The van der Waals surface area contributed by atoms with E-state index in [0.29, 0.717) is 35.6 Å². The third-order valence-electron chi connectivity index (χ3n) is 5.08. The topological polar surface area (TPSA) is 72.6 Å². The van der Waals surface area contributed by atoms with Crippen LogP contribution in [0.1, 0.15) is 24.0 Å². The van der Waals surface area contributed by atoms with E-state index in [0.717, 1.165) is 24.0 Å². The van der Waals surface area contributed by atoms with Crippen molar-refractivity contribution in [2.45, 2.75) is 37.6 Å². The molecule has 1 saturated carbocycles. The fourth-order valence-corrected chi connectivity index (χ4v) is 5.87. The van der Waals surface area contributed by atoms with E-state index in [-0.39, 0.29) is 18.4 Å². The molecule has 0 amide bonds. The fraction of sp³-hybridized carbons (Fsp3) is 0.625. The SMILES string of the molecule is COc1cc(C)cc(C)c1S(=O)(=O)N1CC2CCC(N)C2C1.Cl. The number of nitrogens with zero attached hydrogens (tertiary/aromatic N) is 1. The first-order valence-electron chi connectivity index (χ1n) is 7.75. The summed E-state index contributed by atoms with van der Waals surface area (Å²) >= 11 is 0. The highest BCUT2D eigenvalue weighted by molar-refractivity contribution is 7.89. The number of sulfonamides is 1. The van der Waals surface area contributed by atoms with E-state index in [4.69, 9.17) is 10.5 Å². The third kappa shape index (κ3) is 3.09. The lowest BCUT2D eigenvalue weighted by molar-refractivity contribution is 0.393. The number of ether oxygens (including phenoxy) is 1. The molecule has 5 nitrogen and oxygen atoms in total.